The lowest BCUT2D eigenvalue weighted by molar-refractivity contribution is 0.308. The van der Waals surface area contributed by atoms with Crippen molar-refractivity contribution in [3.63, 3.8) is 0 Å². The minimum atomic E-state index is -0.205. The van der Waals surface area contributed by atoms with Crippen LogP contribution in [0.2, 0.25) is 0 Å². The van der Waals surface area contributed by atoms with Gasteiger partial charge in [-0.1, -0.05) is 12.1 Å². The number of ether oxygens (including phenoxy) is 2. The van der Waals surface area contributed by atoms with Crippen LogP contribution in [0.4, 0.5) is 5.69 Å². The van der Waals surface area contributed by atoms with Crippen LogP contribution in [0.25, 0.3) is 11.0 Å². The molecule has 0 atom stereocenters. The van der Waals surface area contributed by atoms with Crippen LogP contribution in [0.15, 0.2) is 41.2 Å². The Kier molecular flexibility index (Phi) is 4.23. The van der Waals surface area contributed by atoms with Gasteiger partial charge in [0.15, 0.2) is 11.5 Å². The van der Waals surface area contributed by atoms with Gasteiger partial charge in [-0.2, -0.15) is 0 Å². The summed E-state index contributed by atoms with van der Waals surface area (Å²) < 4.78 is 11.1. The number of imidazole rings is 1. The average molecular weight is 313 g/mol. The number of methoxy groups -OCH3 is 1. The quantitative estimate of drug-likeness (QED) is 0.654. The lowest BCUT2D eigenvalue weighted by atomic mass is 10.1. The third-order valence-corrected chi connectivity index (χ3v) is 3.57. The molecule has 23 heavy (non-hydrogen) atoms. The Hall–Kier alpha value is -2.89. The minimum Gasteiger partial charge on any atom is -0.493 e. The first-order valence-corrected chi connectivity index (χ1v) is 7.46. The molecule has 0 radical (unpaired) electrons. The van der Waals surface area contributed by atoms with Crippen LogP contribution in [0.5, 0.6) is 11.5 Å². The number of benzene rings is 2. The van der Waals surface area contributed by atoms with Crippen molar-refractivity contribution in [2.75, 3.05) is 19.0 Å². The molecule has 3 rings (SSSR count). The third kappa shape index (κ3) is 3.15. The van der Waals surface area contributed by atoms with E-state index in [-0.39, 0.29) is 5.69 Å². The third-order valence-electron chi connectivity index (χ3n) is 3.57. The number of nitrogens with one attached hydrogen (secondary N) is 3. The van der Waals surface area contributed by atoms with Crippen LogP contribution >= 0.6 is 0 Å². The zero-order valence-electron chi connectivity index (χ0n) is 13.1. The van der Waals surface area contributed by atoms with Crippen molar-refractivity contribution in [2.24, 2.45) is 0 Å². The molecule has 6 heteroatoms. The van der Waals surface area contributed by atoms with Crippen molar-refractivity contribution in [2.45, 2.75) is 13.5 Å². The molecular formula is C17H19N3O3. The highest BCUT2D eigenvalue weighted by Crippen LogP contribution is 2.31. The molecule has 2 aromatic carbocycles. The highest BCUT2D eigenvalue weighted by Gasteiger charge is 2.10. The summed E-state index contributed by atoms with van der Waals surface area (Å²) in [4.78, 5) is 16.8. The number of aromatic nitrogens is 2. The number of hydrogen-bond acceptors (Lipinski definition) is 4. The van der Waals surface area contributed by atoms with Crippen molar-refractivity contribution >= 4 is 16.7 Å². The topological polar surface area (TPSA) is 79.1 Å². The van der Waals surface area contributed by atoms with Crippen LogP contribution in [0, 0.1) is 0 Å². The van der Waals surface area contributed by atoms with Gasteiger partial charge in [0.1, 0.15) is 0 Å². The fraction of sp³-hybridized carbons (Fsp3) is 0.235. The van der Waals surface area contributed by atoms with Crippen LogP contribution in [0.3, 0.4) is 0 Å². The maximum atomic E-state index is 11.3. The molecule has 1 heterocycles. The second kappa shape index (κ2) is 6.48. The maximum absolute atomic E-state index is 11.3. The van der Waals surface area contributed by atoms with Crippen LogP contribution in [-0.2, 0) is 6.54 Å². The van der Waals surface area contributed by atoms with Gasteiger partial charge in [0, 0.05) is 17.8 Å². The summed E-state index contributed by atoms with van der Waals surface area (Å²) in [6, 6.07) is 11.5. The van der Waals surface area contributed by atoms with Gasteiger partial charge < -0.3 is 24.8 Å². The zero-order valence-corrected chi connectivity index (χ0v) is 13.1. The predicted molar refractivity (Wildman–Crippen MR) is 90.4 cm³/mol. The Morgan fingerprint density at radius 3 is 2.74 bits per heavy atom. The molecule has 1 aromatic heterocycles. The molecule has 3 aromatic rings. The fourth-order valence-corrected chi connectivity index (χ4v) is 2.51. The number of aromatic amines is 2. The number of rotatable bonds is 6. The number of anilines is 1. The second-order valence-electron chi connectivity index (χ2n) is 5.07. The Labute approximate surface area is 133 Å². The minimum absolute atomic E-state index is 0.205. The number of para-hydroxylation sites is 1. The van der Waals surface area contributed by atoms with Gasteiger partial charge in [0.25, 0.3) is 0 Å². The van der Waals surface area contributed by atoms with E-state index < -0.39 is 0 Å². The van der Waals surface area contributed by atoms with E-state index >= 15 is 0 Å². The largest absolute Gasteiger partial charge is 0.493 e. The van der Waals surface area contributed by atoms with E-state index in [4.69, 9.17) is 9.47 Å². The van der Waals surface area contributed by atoms with Gasteiger partial charge in [0.05, 0.1) is 24.8 Å². The molecule has 3 N–H and O–H groups in total. The average Bonchev–Trinajstić information content (AvgIpc) is 2.93. The molecule has 0 aliphatic rings. The normalized spacial score (nSPS) is 10.7. The van der Waals surface area contributed by atoms with Crippen molar-refractivity contribution in [3.05, 3.63) is 52.4 Å². The SMILES string of the molecule is CCOc1c(CNc2ccc3[nH]c(=O)[nH]c3c2)cccc1OC. The Bertz CT molecular complexity index is 867. The Morgan fingerprint density at radius 1 is 1.13 bits per heavy atom. The van der Waals surface area contributed by atoms with E-state index in [2.05, 4.69) is 15.3 Å². The molecule has 0 aliphatic carbocycles. The van der Waals surface area contributed by atoms with Crippen molar-refractivity contribution in [3.8, 4) is 11.5 Å². The molecule has 0 saturated heterocycles. The Balaban J connectivity index is 1.82. The molecule has 6 nitrogen and oxygen atoms in total. The first-order chi connectivity index (χ1) is 11.2. The molecule has 0 saturated carbocycles. The number of hydrogen-bond donors (Lipinski definition) is 3. The maximum Gasteiger partial charge on any atom is 0.323 e. The van der Waals surface area contributed by atoms with Gasteiger partial charge >= 0.3 is 5.69 Å². The van der Waals surface area contributed by atoms with Crippen molar-refractivity contribution < 1.29 is 9.47 Å². The standard InChI is InChI=1S/C17H19N3O3/c1-3-23-16-11(5-4-6-15(16)22-2)10-18-12-7-8-13-14(9-12)20-17(21)19-13/h4-9,18H,3,10H2,1-2H3,(H2,19,20,21). The summed E-state index contributed by atoms with van der Waals surface area (Å²) in [6.07, 6.45) is 0. The molecule has 0 bridgehead atoms. The lowest BCUT2D eigenvalue weighted by Crippen LogP contribution is -2.04. The van der Waals surface area contributed by atoms with Gasteiger partial charge in [-0.15, -0.1) is 0 Å². The monoisotopic (exact) mass is 313 g/mol. The first-order valence-electron chi connectivity index (χ1n) is 7.46. The van der Waals surface area contributed by atoms with E-state index in [1.54, 1.807) is 7.11 Å². The predicted octanol–water partition coefficient (Wildman–Crippen LogP) is 2.88. The molecule has 120 valence electrons. The van der Waals surface area contributed by atoms with E-state index in [0.717, 1.165) is 33.8 Å². The summed E-state index contributed by atoms with van der Waals surface area (Å²) in [6.45, 7) is 3.11. The summed E-state index contributed by atoms with van der Waals surface area (Å²) in [5.74, 6) is 1.47. The first kappa shape index (κ1) is 15.0. The summed E-state index contributed by atoms with van der Waals surface area (Å²) in [5.41, 5.74) is 3.28. The number of H-pyrrole nitrogens is 2. The summed E-state index contributed by atoms with van der Waals surface area (Å²) >= 11 is 0. The van der Waals surface area contributed by atoms with Gasteiger partial charge in [-0.05, 0) is 31.2 Å². The van der Waals surface area contributed by atoms with Crippen LogP contribution < -0.4 is 20.5 Å². The molecule has 0 aliphatic heterocycles. The Morgan fingerprint density at radius 2 is 1.96 bits per heavy atom. The molecular weight excluding hydrogens is 294 g/mol. The van der Waals surface area contributed by atoms with Crippen molar-refractivity contribution in [1.29, 1.82) is 0 Å². The van der Waals surface area contributed by atoms with Crippen LogP contribution in [0.1, 0.15) is 12.5 Å². The number of fused-ring (bicyclic) bond motifs is 1. The van der Waals surface area contributed by atoms with Gasteiger partial charge in [0.2, 0.25) is 0 Å². The lowest BCUT2D eigenvalue weighted by Gasteiger charge is -2.15. The van der Waals surface area contributed by atoms with Crippen LogP contribution in [-0.4, -0.2) is 23.7 Å². The van der Waals surface area contributed by atoms with E-state index in [9.17, 15) is 4.79 Å². The molecule has 0 spiro atoms. The summed E-state index contributed by atoms with van der Waals surface area (Å²) in [7, 11) is 1.63. The smallest absolute Gasteiger partial charge is 0.323 e. The molecule has 0 amide bonds. The van der Waals surface area contributed by atoms with Gasteiger partial charge in [-0.3, -0.25) is 0 Å². The van der Waals surface area contributed by atoms with E-state index in [1.165, 1.54) is 0 Å². The summed E-state index contributed by atoms with van der Waals surface area (Å²) in [5, 5.41) is 3.34. The molecule has 0 unspecified atom stereocenters. The van der Waals surface area contributed by atoms with E-state index in [1.807, 2.05) is 43.3 Å². The zero-order chi connectivity index (χ0) is 16.2. The van der Waals surface area contributed by atoms with E-state index in [0.29, 0.717) is 13.2 Å². The fourth-order valence-electron chi connectivity index (χ4n) is 2.51. The molecule has 0 fully saturated rings. The van der Waals surface area contributed by atoms with Crippen molar-refractivity contribution in [1.82, 2.24) is 9.97 Å². The van der Waals surface area contributed by atoms with Gasteiger partial charge in [-0.25, -0.2) is 4.79 Å². The highest BCUT2D eigenvalue weighted by atomic mass is 16.5. The second-order valence-corrected chi connectivity index (χ2v) is 5.07. The highest BCUT2D eigenvalue weighted by molar-refractivity contribution is 5.78.